The van der Waals surface area contributed by atoms with Crippen molar-refractivity contribution >= 4 is 5.78 Å². The lowest BCUT2D eigenvalue weighted by Gasteiger charge is -2.62. The minimum absolute atomic E-state index is 0.201. The number of Topliss-reactive ketones (excluding diaryl/α,β-unsaturated/α-hetero) is 1. The molecule has 0 aromatic heterocycles. The van der Waals surface area contributed by atoms with Crippen molar-refractivity contribution < 1.29 is 4.79 Å². The average molecular weight is 441 g/mol. The molecule has 1 nitrogen and oxygen atoms in total. The zero-order chi connectivity index (χ0) is 23.7. The Hall–Kier alpha value is -0.590. The van der Waals surface area contributed by atoms with Gasteiger partial charge < -0.3 is 0 Å². The molecule has 3 saturated carbocycles. The topological polar surface area (TPSA) is 17.1 Å². The Balaban J connectivity index is 1.59. The summed E-state index contributed by atoms with van der Waals surface area (Å²) in [6.07, 6.45) is 14.7. The van der Waals surface area contributed by atoms with Gasteiger partial charge in [-0.15, -0.1) is 0 Å². The molecule has 0 N–H and O–H groups in total. The first kappa shape index (κ1) is 24.5. The van der Waals surface area contributed by atoms with E-state index in [0.717, 1.165) is 41.9 Å². The smallest absolute Gasteiger partial charge is 0.148 e. The summed E-state index contributed by atoms with van der Waals surface area (Å²) in [5.74, 6) is 5.57. The Morgan fingerprint density at radius 1 is 0.938 bits per heavy atom. The Kier molecular flexibility index (Phi) is 6.12. The van der Waals surface area contributed by atoms with E-state index in [0.29, 0.717) is 11.2 Å². The Morgan fingerprint density at radius 3 is 2.28 bits per heavy atom. The van der Waals surface area contributed by atoms with Crippen LogP contribution in [0, 0.1) is 57.2 Å². The maximum atomic E-state index is 13.4. The van der Waals surface area contributed by atoms with E-state index in [1.54, 1.807) is 0 Å². The SMILES string of the molecule is CC(C)CCC[C@H](C)[C@@H]1CC[C@@H]2[C@H]3CC=C4C(C)(C)C(=O)C(C)(C)C[C@]4(C)[C@@H]3CC[C@]21C. The van der Waals surface area contributed by atoms with E-state index >= 15 is 0 Å². The zero-order valence-electron chi connectivity index (χ0n) is 22.8. The highest BCUT2D eigenvalue weighted by atomic mass is 16.1. The first-order valence-corrected chi connectivity index (χ1v) is 14.0. The molecule has 32 heavy (non-hydrogen) atoms. The minimum Gasteiger partial charge on any atom is -0.298 e. The van der Waals surface area contributed by atoms with E-state index in [4.69, 9.17) is 0 Å². The van der Waals surface area contributed by atoms with Gasteiger partial charge in [0.2, 0.25) is 0 Å². The van der Waals surface area contributed by atoms with Crippen LogP contribution in [0.4, 0.5) is 0 Å². The fourth-order valence-electron chi connectivity index (χ4n) is 10.3. The van der Waals surface area contributed by atoms with Crippen LogP contribution in [0.2, 0.25) is 0 Å². The minimum atomic E-state index is -0.300. The highest BCUT2D eigenvalue weighted by Gasteiger charge is 2.63. The molecular formula is C31H52O. The third-order valence-electron chi connectivity index (χ3n) is 11.3. The number of hydrogen-bond acceptors (Lipinski definition) is 1. The predicted octanol–water partition coefficient (Wildman–Crippen LogP) is 8.87. The quantitative estimate of drug-likeness (QED) is 0.390. The van der Waals surface area contributed by atoms with Gasteiger partial charge in [-0.05, 0) is 98.7 Å². The molecule has 4 rings (SSSR count). The summed E-state index contributed by atoms with van der Waals surface area (Å²) in [5.41, 5.74) is 1.73. The van der Waals surface area contributed by atoms with Crippen LogP contribution in [-0.2, 0) is 4.79 Å². The predicted molar refractivity (Wildman–Crippen MR) is 136 cm³/mol. The van der Waals surface area contributed by atoms with Crippen LogP contribution >= 0.6 is 0 Å². The summed E-state index contributed by atoms with van der Waals surface area (Å²) >= 11 is 0. The summed E-state index contributed by atoms with van der Waals surface area (Å²) in [4.78, 5) is 13.4. The number of ketones is 1. The molecular weight excluding hydrogens is 388 g/mol. The van der Waals surface area contributed by atoms with E-state index in [1.807, 2.05) is 0 Å². The third kappa shape index (κ3) is 3.58. The number of allylic oxidation sites excluding steroid dienone is 2. The second-order valence-electron chi connectivity index (χ2n) is 14.7. The lowest BCUT2D eigenvalue weighted by molar-refractivity contribution is -0.145. The number of carbonyl (C=O) groups excluding carboxylic acids is 1. The molecule has 0 spiro atoms. The normalized spacial score (nSPS) is 43.3. The van der Waals surface area contributed by atoms with Gasteiger partial charge >= 0.3 is 0 Å². The number of carbonyl (C=O) groups is 1. The van der Waals surface area contributed by atoms with Gasteiger partial charge in [0.05, 0.1) is 0 Å². The van der Waals surface area contributed by atoms with Crippen molar-refractivity contribution in [3.8, 4) is 0 Å². The van der Waals surface area contributed by atoms with Gasteiger partial charge in [-0.1, -0.05) is 79.4 Å². The maximum Gasteiger partial charge on any atom is 0.148 e. The monoisotopic (exact) mass is 440 g/mol. The van der Waals surface area contributed by atoms with Crippen molar-refractivity contribution in [3.05, 3.63) is 11.6 Å². The Morgan fingerprint density at radius 2 is 1.62 bits per heavy atom. The number of rotatable bonds is 5. The van der Waals surface area contributed by atoms with Crippen LogP contribution in [0.15, 0.2) is 11.6 Å². The van der Waals surface area contributed by atoms with Crippen molar-refractivity contribution in [2.75, 3.05) is 0 Å². The van der Waals surface area contributed by atoms with Crippen LogP contribution in [0.5, 0.6) is 0 Å². The van der Waals surface area contributed by atoms with Crippen LogP contribution in [0.1, 0.15) is 120 Å². The lowest BCUT2D eigenvalue weighted by atomic mass is 9.41. The third-order valence-corrected chi connectivity index (χ3v) is 11.3. The highest BCUT2D eigenvalue weighted by Crippen LogP contribution is 2.70. The van der Waals surface area contributed by atoms with E-state index in [-0.39, 0.29) is 16.2 Å². The molecule has 0 amide bonds. The molecule has 0 aliphatic heterocycles. The van der Waals surface area contributed by atoms with Crippen molar-refractivity contribution in [1.29, 1.82) is 0 Å². The molecule has 0 heterocycles. The molecule has 0 aromatic carbocycles. The summed E-state index contributed by atoms with van der Waals surface area (Å²) < 4.78 is 0. The van der Waals surface area contributed by atoms with Gasteiger partial charge in [0, 0.05) is 10.8 Å². The molecule has 4 aliphatic carbocycles. The van der Waals surface area contributed by atoms with E-state index in [1.165, 1.54) is 56.9 Å². The molecule has 3 fully saturated rings. The van der Waals surface area contributed by atoms with E-state index < -0.39 is 0 Å². The first-order chi connectivity index (χ1) is 14.7. The van der Waals surface area contributed by atoms with Gasteiger partial charge in [-0.3, -0.25) is 4.79 Å². The largest absolute Gasteiger partial charge is 0.298 e. The fraction of sp³-hybridized carbons (Fsp3) is 0.903. The molecule has 0 bridgehead atoms. The molecule has 1 heteroatoms. The molecule has 7 atom stereocenters. The van der Waals surface area contributed by atoms with E-state index in [9.17, 15) is 4.79 Å². The van der Waals surface area contributed by atoms with Crippen molar-refractivity contribution in [1.82, 2.24) is 0 Å². The Labute approximate surface area is 199 Å². The molecule has 4 aliphatic rings. The van der Waals surface area contributed by atoms with Crippen LogP contribution in [-0.4, -0.2) is 5.78 Å². The van der Waals surface area contributed by atoms with E-state index in [2.05, 4.69) is 68.4 Å². The second-order valence-corrected chi connectivity index (χ2v) is 14.7. The zero-order valence-corrected chi connectivity index (χ0v) is 22.8. The average Bonchev–Trinajstić information content (AvgIpc) is 3.03. The van der Waals surface area contributed by atoms with Gasteiger partial charge in [-0.2, -0.15) is 0 Å². The number of hydrogen-bond donors (Lipinski definition) is 0. The second kappa shape index (κ2) is 7.98. The molecule has 0 saturated heterocycles. The first-order valence-electron chi connectivity index (χ1n) is 14.0. The molecule has 182 valence electrons. The van der Waals surface area contributed by atoms with Crippen molar-refractivity contribution in [3.63, 3.8) is 0 Å². The van der Waals surface area contributed by atoms with Gasteiger partial charge in [-0.25, -0.2) is 0 Å². The molecule has 0 radical (unpaired) electrons. The summed E-state index contributed by atoms with van der Waals surface area (Å²) in [6.45, 7) is 21.4. The lowest BCUT2D eigenvalue weighted by Crippen LogP contribution is -2.57. The van der Waals surface area contributed by atoms with Crippen LogP contribution in [0.25, 0.3) is 0 Å². The van der Waals surface area contributed by atoms with Gasteiger partial charge in [0.1, 0.15) is 5.78 Å². The summed E-state index contributed by atoms with van der Waals surface area (Å²) in [7, 11) is 0. The maximum absolute atomic E-state index is 13.4. The summed E-state index contributed by atoms with van der Waals surface area (Å²) in [6, 6.07) is 0. The van der Waals surface area contributed by atoms with Crippen molar-refractivity contribution in [2.45, 2.75) is 120 Å². The highest BCUT2D eigenvalue weighted by molar-refractivity contribution is 5.93. The van der Waals surface area contributed by atoms with Gasteiger partial charge in [0.25, 0.3) is 0 Å². The van der Waals surface area contributed by atoms with Crippen LogP contribution < -0.4 is 0 Å². The standard InChI is InChI=1S/C31H52O/c1-20(2)11-10-12-21(3)23-14-15-24-22-13-16-26-29(6,7)27(32)28(4,5)19-31(26,9)25(22)17-18-30(23,24)8/h16,20-25H,10-15,17-19H2,1-9H3/t21-,22+,23-,24+,25+,30-,31+/m0/s1. The van der Waals surface area contributed by atoms with Gasteiger partial charge in [0.15, 0.2) is 0 Å². The molecule has 0 unspecified atom stereocenters. The van der Waals surface area contributed by atoms with Crippen LogP contribution in [0.3, 0.4) is 0 Å². The number of fused-ring (bicyclic) bond motifs is 5. The van der Waals surface area contributed by atoms with Crippen molar-refractivity contribution in [2.24, 2.45) is 57.2 Å². The summed E-state index contributed by atoms with van der Waals surface area (Å²) in [5, 5.41) is 0. The molecule has 0 aromatic rings. The fourth-order valence-corrected chi connectivity index (χ4v) is 10.3. The Bertz CT molecular complexity index is 769.